The summed E-state index contributed by atoms with van der Waals surface area (Å²) in [5.41, 5.74) is 0.520. The average molecular weight is 293 g/mol. The van der Waals surface area contributed by atoms with Crippen LogP contribution in [-0.4, -0.2) is 14.5 Å². The van der Waals surface area contributed by atoms with Crippen molar-refractivity contribution in [2.75, 3.05) is 4.72 Å². The van der Waals surface area contributed by atoms with Crippen LogP contribution in [0, 0.1) is 6.92 Å². The van der Waals surface area contributed by atoms with Gasteiger partial charge in [-0.15, -0.1) is 0 Å². The largest absolute Gasteiger partial charge is 0.334 e. The van der Waals surface area contributed by atoms with Gasteiger partial charge in [-0.2, -0.15) is 4.39 Å². The molecule has 0 spiro atoms. The standard InChI is InChI=1S/C14H12FNO3S/c1-10-6-8-11(9-7-10)20(18,19)16-13-5-3-2-4-12(13)14(15)17/h2-9,16H,1H3. The van der Waals surface area contributed by atoms with E-state index in [1.54, 1.807) is 12.1 Å². The monoisotopic (exact) mass is 293 g/mol. The van der Waals surface area contributed by atoms with Crippen molar-refractivity contribution < 1.29 is 17.6 Å². The van der Waals surface area contributed by atoms with Crippen molar-refractivity contribution in [3.63, 3.8) is 0 Å². The smallest absolute Gasteiger partial charge is 0.279 e. The van der Waals surface area contributed by atoms with E-state index in [0.29, 0.717) is 0 Å². The second kappa shape index (κ2) is 5.42. The van der Waals surface area contributed by atoms with Gasteiger partial charge in [0, 0.05) is 0 Å². The third-order valence-electron chi connectivity index (χ3n) is 2.71. The molecule has 0 aliphatic rings. The molecule has 2 rings (SSSR count). The molecule has 6 heteroatoms. The minimum atomic E-state index is -3.86. The summed E-state index contributed by atoms with van der Waals surface area (Å²) >= 11 is 0. The van der Waals surface area contributed by atoms with Gasteiger partial charge < -0.3 is 0 Å². The summed E-state index contributed by atoms with van der Waals surface area (Å²) in [6, 6.07) is 10.0. The highest BCUT2D eigenvalue weighted by atomic mass is 32.2. The van der Waals surface area contributed by atoms with Crippen LogP contribution in [0.2, 0.25) is 0 Å². The molecular weight excluding hydrogens is 281 g/mol. The lowest BCUT2D eigenvalue weighted by Gasteiger charge is -2.10. The Morgan fingerprint density at radius 2 is 1.65 bits per heavy atom. The zero-order valence-electron chi connectivity index (χ0n) is 10.6. The molecule has 0 saturated carbocycles. The fraction of sp³-hybridized carbons (Fsp3) is 0.0714. The minimum Gasteiger partial charge on any atom is -0.279 e. The number of hydrogen-bond donors (Lipinski definition) is 1. The van der Waals surface area contributed by atoms with Gasteiger partial charge in [-0.3, -0.25) is 9.52 Å². The first-order valence-corrected chi connectivity index (χ1v) is 7.27. The molecule has 4 nitrogen and oxygen atoms in total. The van der Waals surface area contributed by atoms with Gasteiger partial charge in [0.1, 0.15) is 0 Å². The highest BCUT2D eigenvalue weighted by Gasteiger charge is 2.18. The van der Waals surface area contributed by atoms with E-state index in [1.807, 2.05) is 6.92 Å². The van der Waals surface area contributed by atoms with E-state index in [-0.39, 0.29) is 16.1 Å². The summed E-state index contributed by atoms with van der Waals surface area (Å²) in [6.07, 6.45) is 0. The van der Waals surface area contributed by atoms with Crippen molar-refractivity contribution in [3.8, 4) is 0 Å². The molecule has 0 radical (unpaired) electrons. The Balaban J connectivity index is 2.38. The van der Waals surface area contributed by atoms with E-state index in [1.165, 1.54) is 36.4 Å². The fourth-order valence-electron chi connectivity index (χ4n) is 1.66. The van der Waals surface area contributed by atoms with Crippen molar-refractivity contribution in [1.29, 1.82) is 0 Å². The molecule has 104 valence electrons. The Hall–Kier alpha value is -2.21. The number of halogens is 1. The maximum Gasteiger partial charge on any atom is 0.334 e. The number of sulfonamides is 1. The van der Waals surface area contributed by atoms with Crippen molar-refractivity contribution >= 4 is 21.7 Å². The molecule has 0 aliphatic heterocycles. The molecule has 2 aromatic rings. The molecular formula is C14H12FNO3S. The number of benzene rings is 2. The van der Waals surface area contributed by atoms with Crippen LogP contribution < -0.4 is 4.72 Å². The second-order valence-corrected chi connectivity index (χ2v) is 5.92. The van der Waals surface area contributed by atoms with Crippen LogP contribution in [0.5, 0.6) is 0 Å². The van der Waals surface area contributed by atoms with Gasteiger partial charge in [0.2, 0.25) is 0 Å². The predicted octanol–water partition coefficient (Wildman–Crippen LogP) is 2.91. The molecule has 1 N–H and O–H groups in total. The first-order chi connectivity index (χ1) is 9.40. The second-order valence-electron chi connectivity index (χ2n) is 4.24. The molecule has 0 unspecified atom stereocenters. The number of carbonyl (C=O) groups excluding carboxylic acids is 1. The first-order valence-electron chi connectivity index (χ1n) is 5.78. The highest BCUT2D eigenvalue weighted by molar-refractivity contribution is 7.92. The van der Waals surface area contributed by atoms with Crippen LogP contribution in [0.3, 0.4) is 0 Å². The Morgan fingerprint density at radius 3 is 2.25 bits per heavy atom. The van der Waals surface area contributed by atoms with Gasteiger partial charge in [0.15, 0.2) is 0 Å². The molecule has 0 aliphatic carbocycles. The summed E-state index contributed by atoms with van der Waals surface area (Å²) in [7, 11) is -3.86. The first kappa shape index (κ1) is 14.2. The van der Waals surface area contributed by atoms with Gasteiger partial charge in [0.25, 0.3) is 10.0 Å². The molecule has 2 aromatic carbocycles. The maximum absolute atomic E-state index is 12.9. The molecule has 0 amide bonds. The van der Waals surface area contributed by atoms with Gasteiger partial charge in [-0.1, -0.05) is 29.8 Å². The van der Waals surface area contributed by atoms with Crippen molar-refractivity contribution in [3.05, 3.63) is 59.7 Å². The van der Waals surface area contributed by atoms with Crippen molar-refractivity contribution in [2.24, 2.45) is 0 Å². The van der Waals surface area contributed by atoms with Gasteiger partial charge in [0.05, 0.1) is 16.1 Å². The van der Waals surface area contributed by atoms with Gasteiger partial charge >= 0.3 is 6.04 Å². The van der Waals surface area contributed by atoms with Crippen LogP contribution in [0.15, 0.2) is 53.4 Å². The maximum atomic E-state index is 12.9. The number of aryl methyl sites for hydroxylation is 1. The zero-order chi connectivity index (χ0) is 14.8. The summed E-state index contributed by atoms with van der Waals surface area (Å²) in [5, 5.41) is 0. The number of para-hydroxylation sites is 1. The average Bonchev–Trinajstić information content (AvgIpc) is 2.39. The summed E-state index contributed by atoms with van der Waals surface area (Å²) in [5.74, 6) is 0. The summed E-state index contributed by atoms with van der Waals surface area (Å²) in [4.78, 5) is 10.9. The van der Waals surface area contributed by atoms with Crippen LogP contribution in [0.1, 0.15) is 15.9 Å². The summed E-state index contributed by atoms with van der Waals surface area (Å²) in [6.45, 7) is 1.83. The lowest BCUT2D eigenvalue weighted by molar-refractivity contribution is 0.0837. The van der Waals surface area contributed by atoms with Crippen molar-refractivity contribution in [2.45, 2.75) is 11.8 Å². The number of anilines is 1. The molecule has 0 saturated heterocycles. The van der Waals surface area contributed by atoms with Crippen molar-refractivity contribution in [1.82, 2.24) is 0 Å². The van der Waals surface area contributed by atoms with Crippen LogP contribution >= 0.6 is 0 Å². The van der Waals surface area contributed by atoms with E-state index in [2.05, 4.69) is 4.72 Å². The topological polar surface area (TPSA) is 63.2 Å². The summed E-state index contributed by atoms with van der Waals surface area (Å²) < 4.78 is 39.4. The third kappa shape index (κ3) is 3.03. The zero-order valence-corrected chi connectivity index (χ0v) is 11.4. The number of rotatable bonds is 4. The Kier molecular flexibility index (Phi) is 3.85. The lowest BCUT2D eigenvalue weighted by atomic mass is 10.2. The van der Waals surface area contributed by atoms with Crippen LogP contribution in [0.4, 0.5) is 10.1 Å². The van der Waals surface area contributed by atoms with E-state index in [0.717, 1.165) is 5.56 Å². The predicted molar refractivity (Wildman–Crippen MR) is 73.9 cm³/mol. The third-order valence-corrected chi connectivity index (χ3v) is 4.10. The van der Waals surface area contributed by atoms with Crippen LogP contribution in [0.25, 0.3) is 0 Å². The normalized spacial score (nSPS) is 11.1. The molecule has 0 bridgehead atoms. The van der Waals surface area contributed by atoms with E-state index in [4.69, 9.17) is 0 Å². The van der Waals surface area contributed by atoms with E-state index < -0.39 is 16.1 Å². The SMILES string of the molecule is Cc1ccc(S(=O)(=O)Nc2ccccc2C(=O)F)cc1. The quantitative estimate of drug-likeness (QED) is 0.882. The molecule has 0 atom stereocenters. The minimum absolute atomic E-state index is 0.0456. The highest BCUT2D eigenvalue weighted by Crippen LogP contribution is 2.21. The lowest BCUT2D eigenvalue weighted by Crippen LogP contribution is -2.14. The number of nitrogens with one attached hydrogen (secondary N) is 1. The Labute approximate surface area is 116 Å². The van der Waals surface area contributed by atoms with Crippen LogP contribution in [-0.2, 0) is 10.0 Å². The van der Waals surface area contributed by atoms with Gasteiger partial charge in [-0.05, 0) is 31.2 Å². The Morgan fingerprint density at radius 1 is 1.05 bits per heavy atom. The van der Waals surface area contributed by atoms with Gasteiger partial charge in [-0.25, -0.2) is 8.42 Å². The number of carbonyl (C=O) groups is 1. The Bertz CT molecular complexity index is 739. The van der Waals surface area contributed by atoms with E-state index in [9.17, 15) is 17.6 Å². The molecule has 20 heavy (non-hydrogen) atoms. The fourth-order valence-corrected chi connectivity index (χ4v) is 2.74. The van der Waals surface area contributed by atoms with E-state index >= 15 is 0 Å². The number of hydrogen-bond acceptors (Lipinski definition) is 3. The molecule has 0 aromatic heterocycles. The molecule has 0 heterocycles. The molecule has 0 fully saturated rings.